The number of rotatable bonds is 5. The summed E-state index contributed by atoms with van der Waals surface area (Å²) in [6.45, 7) is 5.06. The zero-order valence-corrected chi connectivity index (χ0v) is 12.9. The highest BCUT2D eigenvalue weighted by atomic mass is 16.5. The zero-order chi connectivity index (χ0) is 14.7. The summed E-state index contributed by atoms with van der Waals surface area (Å²) in [5.74, 6) is 0.949. The van der Waals surface area contributed by atoms with E-state index in [1.54, 1.807) is 0 Å². The van der Waals surface area contributed by atoms with E-state index < -0.39 is 0 Å². The van der Waals surface area contributed by atoms with Crippen LogP contribution in [0.5, 0.6) is 5.75 Å². The van der Waals surface area contributed by atoms with Gasteiger partial charge in [0.1, 0.15) is 5.75 Å². The van der Waals surface area contributed by atoms with Gasteiger partial charge >= 0.3 is 0 Å². The number of fused-ring (bicyclic) bond motifs is 1. The van der Waals surface area contributed by atoms with Crippen LogP contribution < -0.4 is 10.1 Å². The van der Waals surface area contributed by atoms with Gasteiger partial charge in [0.25, 0.3) is 0 Å². The molecule has 0 bridgehead atoms. The monoisotopic (exact) mass is 281 g/mol. The average molecular weight is 281 g/mol. The van der Waals surface area contributed by atoms with Gasteiger partial charge in [-0.3, -0.25) is 0 Å². The number of aryl methyl sites for hydroxylation is 2. The highest BCUT2D eigenvalue weighted by Crippen LogP contribution is 2.34. The number of hydrogen-bond acceptors (Lipinski definition) is 2. The van der Waals surface area contributed by atoms with Crippen molar-refractivity contribution in [1.29, 1.82) is 0 Å². The van der Waals surface area contributed by atoms with Gasteiger partial charge < -0.3 is 10.1 Å². The Bertz CT molecular complexity index is 603. The third-order valence-electron chi connectivity index (χ3n) is 4.05. The van der Waals surface area contributed by atoms with Gasteiger partial charge in [0.2, 0.25) is 0 Å². The molecule has 3 rings (SSSR count). The SMILES string of the molecule is CCCOc1ccc(NC2CCc3ccc(C)cc32)cc1. The molecule has 0 spiro atoms. The van der Waals surface area contributed by atoms with Crippen LogP contribution in [0.2, 0.25) is 0 Å². The Labute approximate surface area is 127 Å². The third kappa shape index (κ3) is 3.21. The quantitative estimate of drug-likeness (QED) is 0.843. The van der Waals surface area contributed by atoms with E-state index in [0.717, 1.165) is 18.8 Å². The summed E-state index contributed by atoms with van der Waals surface area (Å²) < 4.78 is 5.62. The molecule has 2 aromatic rings. The van der Waals surface area contributed by atoms with Crippen LogP contribution in [-0.4, -0.2) is 6.61 Å². The maximum absolute atomic E-state index is 5.62. The Morgan fingerprint density at radius 2 is 1.95 bits per heavy atom. The van der Waals surface area contributed by atoms with Crippen molar-refractivity contribution >= 4 is 5.69 Å². The topological polar surface area (TPSA) is 21.3 Å². The predicted octanol–water partition coefficient (Wildman–Crippen LogP) is 4.88. The van der Waals surface area contributed by atoms with Crippen molar-refractivity contribution in [3.8, 4) is 5.75 Å². The number of hydrogen-bond donors (Lipinski definition) is 1. The summed E-state index contributed by atoms with van der Waals surface area (Å²) >= 11 is 0. The summed E-state index contributed by atoms with van der Waals surface area (Å²) in [4.78, 5) is 0. The first-order valence-corrected chi connectivity index (χ1v) is 7.85. The minimum absolute atomic E-state index is 0.433. The Kier molecular flexibility index (Phi) is 4.14. The Balaban J connectivity index is 1.69. The molecule has 1 N–H and O–H groups in total. The van der Waals surface area contributed by atoms with Crippen molar-refractivity contribution in [2.45, 2.75) is 39.2 Å². The summed E-state index contributed by atoms with van der Waals surface area (Å²) in [5.41, 5.74) is 5.45. The van der Waals surface area contributed by atoms with Crippen LogP contribution in [0.25, 0.3) is 0 Å². The lowest BCUT2D eigenvalue weighted by Crippen LogP contribution is -2.07. The maximum atomic E-state index is 5.62. The third-order valence-corrected chi connectivity index (χ3v) is 4.05. The smallest absolute Gasteiger partial charge is 0.119 e. The molecule has 110 valence electrons. The van der Waals surface area contributed by atoms with Crippen molar-refractivity contribution in [1.82, 2.24) is 0 Å². The molecule has 0 saturated carbocycles. The molecule has 2 nitrogen and oxygen atoms in total. The average Bonchev–Trinajstić information content (AvgIpc) is 2.89. The molecule has 1 atom stereocenters. The van der Waals surface area contributed by atoms with Crippen LogP contribution in [0.4, 0.5) is 5.69 Å². The first-order valence-electron chi connectivity index (χ1n) is 7.85. The molecule has 0 aromatic heterocycles. The van der Waals surface area contributed by atoms with Crippen molar-refractivity contribution < 1.29 is 4.74 Å². The van der Waals surface area contributed by atoms with Crippen LogP contribution in [0.15, 0.2) is 42.5 Å². The van der Waals surface area contributed by atoms with Gasteiger partial charge in [0.15, 0.2) is 0 Å². The second kappa shape index (κ2) is 6.21. The Hall–Kier alpha value is -1.96. The lowest BCUT2D eigenvalue weighted by atomic mass is 10.0. The highest BCUT2D eigenvalue weighted by molar-refractivity contribution is 5.50. The minimum Gasteiger partial charge on any atom is -0.494 e. The van der Waals surface area contributed by atoms with Gasteiger partial charge in [-0.2, -0.15) is 0 Å². The second-order valence-corrected chi connectivity index (χ2v) is 5.81. The van der Waals surface area contributed by atoms with Crippen LogP contribution >= 0.6 is 0 Å². The highest BCUT2D eigenvalue weighted by Gasteiger charge is 2.22. The molecular weight excluding hydrogens is 258 g/mol. The molecule has 1 aliphatic carbocycles. The van der Waals surface area contributed by atoms with Crippen molar-refractivity contribution in [3.63, 3.8) is 0 Å². The van der Waals surface area contributed by atoms with E-state index >= 15 is 0 Å². The summed E-state index contributed by atoms with van der Waals surface area (Å²) in [7, 11) is 0. The van der Waals surface area contributed by atoms with Gasteiger partial charge in [-0.1, -0.05) is 30.7 Å². The first kappa shape index (κ1) is 14.0. The standard InChI is InChI=1S/C19H23NO/c1-3-12-21-17-9-7-16(8-10-17)20-19-11-6-15-5-4-14(2)13-18(15)19/h4-5,7-10,13,19-20H,3,6,11-12H2,1-2H3. The molecular formula is C19H23NO. The second-order valence-electron chi connectivity index (χ2n) is 5.81. The van der Waals surface area contributed by atoms with Gasteiger partial charge in [-0.15, -0.1) is 0 Å². The van der Waals surface area contributed by atoms with E-state index in [1.165, 1.54) is 35.2 Å². The van der Waals surface area contributed by atoms with Gasteiger partial charge in [-0.05, 0) is 61.6 Å². The lowest BCUT2D eigenvalue weighted by molar-refractivity contribution is 0.317. The maximum Gasteiger partial charge on any atom is 0.119 e. The predicted molar refractivity (Wildman–Crippen MR) is 88.1 cm³/mol. The van der Waals surface area contributed by atoms with Crippen LogP contribution in [-0.2, 0) is 6.42 Å². The zero-order valence-electron chi connectivity index (χ0n) is 12.9. The molecule has 0 fully saturated rings. The van der Waals surface area contributed by atoms with E-state index in [9.17, 15) is 0 Å². The summed E-state index contributed by atoms with van der Waals surface area (Å²) in [6, 6.07) is 15.5. The van der Waals surface area contributed by atoms with E-state index in [1.807, 2.05) is 12.1 Å². The van der Waals surface area contributed by atoms with E-state index in [2.05, 4.69) is 49.5 Å². The fourth-order valence-electron chi connectivity index (χ4n) is 2.94. The van der Waals surface area contributed by atoms with Gasteiger partial charge in [0, 0.05) is 5.69 Å². The van der Waals surface area contributed by atoms with Crippen molar-refractivity contribution in [2.24, 2.45) is 0 Å². The van der Waals surface area contributed by atoms with Crippen LogP contribution in [0, 0.1) is 6.92 Å². The largest absolute Gasteiger partial charge is 0.494 e. The number of nitrogens with one attached hydrogen (secondary N) is 1. The number of ether oxygens (including phenoxy) is 1. The summed E-state index contributed by atoms with van der Waals surface area (Å²) in [6.07, 6.45) is 3.38. The molecule has 0 radical (unpaired) electrons. The number of anilines is 1. The molecule has 2 heteroatoms. The molecule has 1 unspecified atom stereocenters. The lowest BCUT2D eigenvalue weighted by Gasteiger charge is -2.16. The Morgan fingerprint density at radius 1 is 1.14 bits per heavy atom. The van der Waals surface area contributed by atoms with Crippen molar-refractivity contribution in [2.75, 3.05) is 11.9 Å². The normalized spacial score (nSPS) is 16.6. The van der Waals surface area contributed by atoms with E-state index in [0.29, 0.717) is 6.04 Å². The van der Waals surface area contributed by atoms with Crippen molar-refractivity contribution in [3.05, 3.63) is 59.2 Å². The minimum atomic E-state index is 0.433. The fourth-order valence-corrected chi connectivity index (χ4v) is 2.94. The first-order chi connectivity index (χ1) is 10.3. The molecule has 0 aliphatic heterocycles. The molecule has 1 aliphatic rings. The summed E-state index contributed by atoms with van der Waals surface area (Å²) in [5, 5.41) is 3.65. The number of benzene rings is 2. The molecule has 0 saturated heterocycles. The van der Waals surface area contributed by atoms with Crippen LogP contribution in [0.3, 0.4) is 0 Å². The van der Waals surface area contributed by atoms with Gasteiger partial charge in [-0.25, -0.2) is 0 Å². The Morgan fingerprint density at radius 3 is 2.71 bits per heavy atom. The van der Waals surface area contributed by atoms with E-state index in [4.69, 9.17) is 4.74 Å². The van der Waals surface area contributed by atoms with Crippen LogP contribution in [0.1, 0.15) is 42.5 Å². The van der Waals surface area contributed by atoms with Gasteiger partial charge in [0.05, 0.1) is 12.6 Å². The fraction of sp³-hybridized carbons (Fsp3) is 0.368. The molecule has 21 heavy (non-hydrogen) atoms. The molecule has 2 aromatic carbocycles. The van der Waals surface area contributed by atoms with E-state index in [-0.39, 0.29) is 0 Å². The molecule has 0 amide bonds. The molecule has 0 heterocycles.